The van der Waals surface area contributed by atoms with Crippen molar-refractivity contribution in [1.82, 2.24) is 15.5 Å². The van der Waals surface area contributed by atoms with E-state index in [-0.39, 0.29) is 12.1 Å². The van der Waals surface area contributed by atoms with E-state index >= 15 is 0 Å². The number of halogens is 1. The van der Waals surface area contributed by atoms with Gasteiger partial charge in [-0.15, -0.1) is 10.2 Å². The number of methoxy groups -OCH3 is 2. The molecule has 1 fully saturated rings. The van der Waals surface area contributed by atoms with Crippen LogP contribution in [0.2, 0.25) is 5.15 Å². The Labute approximate surface area is 191 Å². The highest BCUT2D eigenvalue weighted by Gasteiger charge is 2.33. The second-order valence-electron chi connectivity index (χ2n) is 7.94. The molecule has 0 spiro atoms. The van der Waals surface area contributed by atoms with Crippen LogP contribution in [-0.2, 0) is 6.54 Å². The Hall–Kier alpha value is -3.26. The smallest absolute Gasteiger partial charge is 0.322 e. The van der Waals surface area contributed by atoms with Gasteiger partial charge in [-0.05, 0) is 36.6 Å². The molecule has 0 bridgehead atoms. The minimum absolute atomic E-state index is 0.0317. The molecule has 8 nitrogen and oxygen atoms in total. The largest absolute Gasteiger partial charge is 0.493 e. The summed E-state index contributed by atoms with van der Waals surface area (Å²) in [6, 6.07) is 11.9. The number of hydrogen-bond acceptors (Lipinski definition) is 6. The van der Waals surface area contributed by atoms with Crippen LogP contribution in [0.1, 0.15) is 18.4 Å². The van der Waals surface area contributed by atoms with Gasteiger partial charge in [0.1, 0.15) is 0 Å². The standard InChI is InChI=1S/C23H24ClN5O3/c1-31-19-11-16-17(12-20(19)32-2)22(27-26-21(16)24)28-9-7-15(8-10-28)29-18-6-4-3-5-14(18)13-25-23(29)30/h3-6,11-12,15H,7-10,13H2,1-2H3,(H,25,30). The molecule has 3 aromatic rings. The summed E-state index contributed by atoms with van der Waals surface area (Å²) in [4.78, 5) is 16.8. The first-order chi connectivity index (χ1) is 15.6. The first-order valence-corrected chi connectivity index (χ1v) is 11.0. The zero-order valence-electron chi connectivity index (χ0n) is 18.0. The third-order valence-electron chi connectivity index (χ3n) is 6.25. The van der Waals surface area contributed by atoms with Gasteiger partial charge in [0.15, 0.2) is 22.5 Å². The molecule has 1 saturated heterocycles. The summed E-state index contributed by atoms with van der Waals surface area (Å²) in [7, 11) is 3.19. The maximum absolute atomic E-state index is 12.7. The molecule has 2 aliphatic heterocycles. The zero-order valence-corrected chi connectivity index (χ0v) is 18.7. The second kappa shape index (κ2) is 8.35. The Bertz CT molecular complexity index is 1180. The van der Waals surface area contributed by atoms with Crippen LogP contribution < -0.4 is 24.6 Å². The van der Waals surface area contributed by atoms with Crippen molar-refractivity contribution in [1.29, 1.82) is 0 Å². The van der Waals surface area contributed by atoms with Crippen LogP contribution in [0.4, 0.5) is 16.3 Å². The highest BCUT2D eigenvalue weighted by Crippen LogP contribution is 2.39. The maximum atomic E-state index is 12.7. The Morgan fingerprint density at radius 3 is 2.44 bits per heavy atom. The summed E-state index contributed by atoms with van der Waals surface area (Å²) in [5, 5.41) is 13.5. The summed E-state index contributed by atoms with van der Waals surface area (Å²) >= 11 is 6.34. The van der Waals surface area contributed by atoms with Gasteiger partial charge in [0.05, 0.1) is 19.9 Å². The average molecular weight is 454 g/mol. The number of carbonyl (C=O) groups excluding carboxylic acids is 1. The Morgan fingerprint density at radius 1 is 1.03 bits per heavy atom. The van der Waals surface area contributed by atoms with Crippen LogP contribution in [0.25, 0.3) is 10.8 Å². The number of amides is 2. The monoisotopic (exact) mass is 453 g/mol. The third kappa shape index (κ3) is 3.44. The normalized spacial score (nSPS) is 16.7. The summed E-state index contributed by atoms with van der Waals surface area (Å²) in [6.45, 7) is 2.06. The molecular weight excluding hydrogens is 430 g/mol. The molecule has 0 aliphatic carbocycles. The van der Waals surface area contributed by atoms with Crippen LogP contribution in [0.3, 0.4) is 0 Å². The molecule has 32 heavy (non-hydrogen) atoms. The third-order valence-corrected chi connectivity index (χ3v) is 6.53. The molecular formula is C23H24ClN5O3. The molecule has 166 valence electrons. The van der Waals surface area contributed by atoms with Gasteiger partial charge < -0.3 is 19.7 Å². The van der Waals surface area contributed by atoms with Crippen molar-refractivity contribution in [2.45, 2.75) is 25.4 Å². The predicted octanol–water partition coefficient (Wildman–Crippen LogP) is 4.00. The molecule has 2 amide bonds. The molecule has 0 saturated carbocycles. The quantitative estimate of drug-likeness (QED) is 0.643. The molecule has 5 rings (SSSR count). The molecule has 2 aromatic carbocycles. The number of aromatic nitrogens is 2. The molecule has 3 heterocycles. The van der Waals surface area contributed by atoms with E-state index in [0.29, 0.717) is 23.2 Å². The number of rotatable bonds is 4. The number of fused-ring (bicyclic) bond motifs is 2. The van der Waals surface area contributed by atoms with Gasteiger partial charge in [-0.2, -0.15) is 0 Å². The van der Waals surface area contributed by atoms with Gasteiger partial charge in [-0.25, -0.2) is 4.79 Å². The summed E-state index contributed by atoms with van der Waals surface area (Å²) < 4.78 is 10.9. The Balaban J connectivity index is 1.43. The molecule has 2 aliphatic rings. The van der Waals surface area contributed by atoms with Gasteiger partial charge in [0.2, 0.25) is 0 Å². The number of nitrogens with zero attached hydrogens (tertiary/aromatic N) is 4. The van der Waals surface area contributed by atoms with Crippen LogP contribution >= 0.6 is 11.6 Å². The lowest BCUT2D eigenvalue weighted by Gasteiger charge is -2.41. The predicted molar refractivity (Wildman–Crippen MR) is 124 cm³/mol. The second-order valence-corrected chi connectivity index (χ2v) is 8.30. The first-order valence-electron chi connectivity index (χ1n) is 10.6. The van der Waals surface area contributed by atoms with Crippen molar-refractivity contribution in [2.24, 2.45) is 0 Å². The van der Waals surface area contributed by atoms with Crippen molar-refractivity contribution in [3.05, 3.63) is 47.1 Å². The van der Waals surface area contributed by atoms with Gasteiger partial charge in [0, 0.05) is 36.4 Å². The fourth-order valence-electron chi connectivity index (χ4n) is 4.63. The minimum atomic E-state index is -0.0317. The Kier molecular flexibility index (Phi) is 5.38. The van der Waals surface area contributed by atoms with Crippen molar-refractivity contribution in [3.63, 3.8) is 0 Å². The van der Waals surface area contributed by atoms with E-state index in [1.807, 2.05) is 35.2 Å². The molecule has 0 atom stereocenters. The number of benzene rings is 2. The number of hydrogen-bond donors (Lipinski definition) is 1. The highest BCUT2D eigenvalue weighted by molar-refractivity contribution is 6.34. The van der Waals surface area contributed by atoms with E-state index in [4.69, 9.17) is 21.1 Å². The number of carbonyl (C=O) groups is 1. The Morgan fingerprint density at radius 2 is 1.72 bits per heavy atom. The van der Waals surface area contributed by atoms with Gasteiger partial charge in [0.25, 0.3) is 0 Å². The van der Waals surface area contributed by atoms with E-state index in [9.17, 15) is 4.79 Å². The van der Waals surface area contributed by atoms with E-state index < -0.39 is 0 Å². The topological polar surface area (TPSA) is 79.8 Å². The lowest BCUT2D eigenvalue weighted by atomic mass is 9.99. The van der Waals surface area contributed by atoms with Crippen LogP contribution in [0, 0.1) is 0 Å². The fourth-order valence-corrected chi connectivity index (χ4v) is 4.82. The summed E-state index contributed by atoms with van der Waals surface area (Å²) in [5.41, 5.74) is 2.15. The lowest BCUT2D eigenvalue weighted by molar-refractivity contribution is 0.240. The van der Waals surface area contributed by atoms with Crippen LogP contribution in [0.15, 0.2) is 36.4 Å². The van der Waals surface area contributed by atoms with Gasteiger partial charge in [-0.1, -0.05) is 29.8 Å². The molecule has 9 heteroatoms. The van der Waals surface area contributed by atoms with E-state index in [1.54, 1.807) is 14.2 Å². The number of piperidine rings is 1. The number of anilines is 2. The van der Waals surface area contributed by atoms with Crippen molar-refractivity contribution in [2.75, 3.05) is 37.1 Å². The van der Waals surface area contributed by atoms with E-state index in [2.05, 4.69) is 26.5 Å². The highest BCUT2D eigenvalue weighted by atomic mass is 35.5. The summed E-state index contributed by atoms with van der Waals surface area (Å²) in [6.07, 6.45) is 1.64. The molecule has 1 N–H and O–H groups in total. The molecule has 0 unspecified atom stereocenters. The zero-order chi connectivity index (χ0) is 22.2. The number of nitrogens with one attached hydrogen (secondary N) is 1. The van der Waals surface area contributed by atoms with Crippen molar-refractivity contribution in [3.8, 4) is 11.5 Å². The van der Waals surface area contributed by atoms with Gasteiger partial charge in [-0.3, -0.25) is 4.90 Å². The van der Waals surface area contributed by atoms with Crippen LogP contribution in [0.5, 0.6) is 11.5 Å². The van der Waals surface area contributed by atoms with Gasteiger partial charge >= 0.3 is 6.03 Å². The lowest BCUT2D eigenvalue weighted by Crippen LogP contribution is -2.53. The average Bonchev–Trinajstić information content (AvgIpc) is 2.84. The van der Waals surface area contributed by atoms with Crippen LogP contribution in [-0.4, -0.2) is 49.6 Å². The number of para-hydroxylation sites is 1. The molecule has 1 aromatic heterocycles. The van der Waals surface area contributed by atoms with Crippen molar-refractivity contribution < 1.29 is 14.3 Å². The molecule has 0 radical (unpaired) electrons. The van der Waals surface area contributed by atoms with Crippen molar-refractivity contribution >= 4 is 39.9 Å². The van der Waals surface area contributed by atoms with E-state index in [1.165, 1.54) is 0 Å². The SMILES string of the molecule is COc1cc2c(Cl)nnc(N3CCC(N4C(=O)NCc5ccccc54)CC3)c2cc1OC. The number of urea groups is 1. The van der Waals surface area contributed by atoms with E-state index in [0.717, 1.165) is 53.8 Å². The summed E-state index contributed by atoms with van der Waals surface area (Å²) in [5.74, 6) is 1.96. The minimum Gasteiger partial charge on any atom is -0.493 e. The maximum Gasteiger partial charge on any atom is 0.322 e. The first kappa shape index (κ1) is 20.6. The fraction of sp³-hybridized carbons (Fsp3) is 0.348. The number of ether oxygens (including phenoxy) is 2.